The number of carbonyl (C=O) groups excluding carboxylic acids is 1. The molecule has 0 aromatic heterocycles. The number of hydrogen-bond acceptors (Lipinski definition) is 4. The lowest BCUT2D eigenvalue weighted by molar-refractivity contribution is -0.154. The van der Waals surface area contributed by atoms with Crippen molar-refractivity contribution in [3.8, 4) is 0 Å². The third-order valence-electron chi connectivity index (χ3n) is 2.85. The molecule has 1 unspecified atom stereocenters. The number of likely N-dealkylation sites (N-methyl/N-ethyl adjacent to an activating group) is 1. The molecule has 0 aliphatic rings. The molecule has 0 saturated carbocycles. The molecule has 0 aliphatic heterocycles. The van der Waals surface area contributed by atoms with E-state index in [9.17, 15) is 18.0 Å². The van der Waals surface area contributed by atoms with Crippen LogP contribution in [-0.2, 0) is 15.8 Å². The molecule has 1 rings (SSSR count). The van der Waals surface area contributed by atoms with Crippen LogP contribution in [0.15, 0.2) is 18.2 Å². The SMILES string of the molecule is CON(C)C(C)C(=O)Nc1ccc(C(F)(F)F)cc1N. The van der Waals surface area contributed by atoms with Crippen molar-refractivity contribution in [2.24, 2.45) is 0 Å². The molecule has 0 aliphatic carbocycles. The van der Waals surface area contributed by atoms with E-state index < -0.39 is 23.7 Å². The Bertz CT molecular complexity index is 491. The van der Waals surface area contributed by atoms with Gasteiger partial charge in [-0.3, -0.25) is 4.79 Å². The van der Waals surface area contributed by atoms with Gasteiger partial charge in [0.15, 0.2) is 0 Å². The van der Waals surface area contributed by atoms with Crippen LogP contribution in [0.5, 0.6) is 0 Å². The highest BCUT2D eigenvalue weighted by atomic mass is 19.4. The molecule has 20 heavy (non-hydrogen) atoms. The van der Waals surface area contributed by atoms with Crippen LogP contribution < -0.4 is 11.1 Å². The summed E-state index contributed by atoms with van der Waals surface area (Å²) < 4.78 is 37.4. The minimum atomic E-state index is -4.47. The summed E-state index contributed by atoms with van der Waals surface area (Å²) in [6.45, 7) is 1.58. The van der Waals surface area contributed by atoms with E-state index in [0.29, 0.717) is 0 Å². The quantitative estimate of drug-likeness (QED) is 0.658. The predicted octanol–water partition coefficient (Wildman–Crippen LogP) is 2.11. The van der Waals surface area contributed by atoms with E-state index in [4.69, 9.17) is 10.6 Å². The van der Waals surface area contributed by atoms with E-state index in [0.717, 1.165) is 18.2 Å². The Morgan fingerprint density at radius 3 is 2.50 bits per heavy atom. The Morgan fingerprint density at radius 1 is 1.45 bits per heavy atom. The number of carbonyl (C=O) groups is 1. The van der Waals surface area contributed by atoms with Crippen LogP contribution in [0.2, 0.25) is 0 Å². The van der Waals surface area contributed by atoms with Crippen molar-refractivity contribution in [2.75, 3.05) is 25.2 Å². The van der Waals surface area contributed by atoms with Crippen LogP contribution in [0.3, 0.4) is 0 Å². The van der Waals surface area contributed by atoms with E-state index in [1.807, 2.05) is 0 Å². The molecule has 0 radical (unpaired) electrons. The predicted molar refractivity (Wildman–Crippen MR) is 68.7 cm³/mol. The average Bonchev–Trinajstić information content (AvgIpc) is 2.37. The maximum absolute atomic E-state index is 12.5. The third-order valence-corrected chi connectivity index (χ3v) is 2.85. The first-order valence-electron chi connectivity index (χ1n) is 5.71. The van der Waals surface area contributed by atoms with Gasteiger partial charge in [0.1, 0.15) is 6.04 Å². The molecule has 112 valence electrons. The summed E-state index contributed by atoms with van der Waals surface area (Å²) in [5.74, 6) is -0.444. The van der Waals surface area contributed by atoms with Crippen LogP contribution in [0.25, 0.3) is 0 Å². The second-order valence-corrected chi connectivity index (χ2v) is 4.19. The normalized spacial score (nSPS) is 13.3. The topological polar surface area (TPSA) is 67.6 Å². The molecule has 1 aromatic carbocycles. The van der Waals surface area contributed by atoms with Crippen LogP contribution in [0, 0.1) is 0 Å². The number of halogens is 3. The van der Waals surface area contributed by atoms with Gasteiger partial charge in [0.05, 0.1) is 24.0 Å². The zero-order chi connectivity index (χ0) is 15.5. The first kappa shape index (κ1) is 16.3. The van der Waals surface area contributed by atoms with Gasteiger partial charge in [-0.15, -0.1) is 0 Å². The molecule has 1 amide bonds. The molecular weight excluding hydrogens is 275 g/mol. The van der Waals surface area contributed by atoms with E-state index in [1.54, 1.807) is 14.0 Å². The number of hydrogen-bond donors (Lipinski definition) is 2. The summed E-state index contributed by atoms with van der Waals surface area (Å²) in [7, 11) is 2.95. The standard InChI is InChI=1S/C12H16F3N3O2/c1-7(18(2)20-3)11(19)17-10-5-4-8(6-9(10)16)12(13,14)15/h4-7H,16H2,1-3H3,(H,17,19). The molecule has 0 saturated heterocycles. The Balaban J connectivity index is 2.87. The fourth-order valence-corrected chi connectivity index (χ4v) is 1.41. The fourth-order valence-electron chi connectivity index (χ4n) is 1.41. The van der Waals surface area contributed by atoms with Gasteiger partial charge in [-0.1, -0.05) is 0 Å². The molecule has 0 spiro atoms. The Morgan fingerprint density at radius 2 is 2.05 bits per heavy atom. The van der Waals surface area contributed by atoms with Crippen molar-refractivity contribution >= 4 is 17.3 Å². The summed E-state index contributed by atoms with van der Waals surface area (Å²) in [5.41, 5.74) is 4.62. The van der Waals surface area contributed by atoms with Gasteiger partial charge < -0.3 is 15.9 Å². The van der Waals surface area contributed by atoms with Crippen LogP contribution >= 0.6 is 0 Å². The Labute approximate surface area is 114 Å². The lowest BCUT2D eigenvalue weighted by Crippen LogP contribution is -2.39. The molecule has 8 heteroatoms. The smallest absolute Gasteiger partial charge is 0.397 e. The van der Waals surface area contributed by atoms with E-state index in [1.165, 1.54) is 12.2 Å². The summed E-state index contributed by atoms with van der Waals surface area (Å²) in [5, 5.41) is 3.75. The van der Waals surface area contributed by atoms with E-state index >= 15 is 0 Å². The van der Waals surface area contributed by atoms with Gasteiger partial charge in [-0.05, 0) is 25.1 Å². The minimum absolute atomic E-state index is 0.124. The number of alkyl halides is 3. The van der Waals surface area contributed by atoms with Crippen LogP contribution in [0.1, 0.15) is 12.5 Å². The monoisotopic (exact) mass is 291 g/mol. The number of rotatable bonds is 4. The number of amides is 1. The van der Waals surface area contributed by atoms with Gasteiger partial charge in [0.25, 0.3) is 0 Å². The van der Waals surface area contributed by atoms with Gasteiger partial charge in [0.2, 0.25) is 5.91 Å². The number of nitrogens with one attached hydrogen (secondary N) is 1. The van der Waals surface area contributed by atoms with Crippen molar-refractivity contribution in [3.63, 3.8) is 0 Å². The lowest BCUT2D eigenvalue weighted by atomic mass is 10.1. The maximum atomic E-state index is 12.5. The molecule has 0 fully saturated rings. The first-order valence-corrected chi connectivity index (χ1v) is 5.71. The second kappa shape index (κ2) is 6.10. The highest BCUT2D eigenvalue weighted by molar-refractivity contribution is 5.97. The molecule has 1 aromatic rings. The van der Waals surface area contributed by atoms with Crippen molar-refractivity contribution in [1.82, 2.24) is 5.06 Å². The fraction of sp³-hybridized carbons (Fsp3) is 0.417. The number of nitrogens with two attached hydrogens (primary N) is 1. The number of anilines is 2. The lowest BCUT2D eigenvalue weighted by Gasteiger charge is -2.21. The second-order valence-electron chi connectivity index (χ2n) is 4.19. The molecule has 3 N–H and O–H groups in total. The molecule has 0 bridgehead atoms. The number of nitrogens with zero attached hydrogens (tertiary/aromatic N) is 1. The van der Waals surface area contributed by atoms with Gasteiger partial charge >= 0.3 is 6.18 Å². The summed E-state index contributed by atoms with van der Waals surface area (Å²) in [4.78, 5) is 16.7. The van der Waals surface area contributed by atoms with Crippen molar-refractivity contribution in [1.29, 1.82) is 0 Å². The van der Waals surface area contributed by atoms with Crippen molar-refractivity contribution < 1.29 is 22.8 Å². The largest absolute Gasteiger partial charge is 0.416 e. The van der Waals surface area contributed by atoms with E-state index in [2.05, 4.69) is 5.32 Å². The molecular formula is C12H16F3N3O2. The Hall–Kier alpha value is -1.80. The zero-order valence-electron chi connectivity index (χ0n) is 11.3. The average molecular weight is 291 g/mol. The van der Waals surface area contributed by atoms with Crippen molar-refractivity contribution in [3.05, 3.63) is 23.8 Å². The molecule has 5 nitrogen and oxygen atoms in total. The van der Waals surface area contributed by atoms with Gasteiger partial charge in [-0.2, -0.15) is 18.2 Å². The highest BCUT2D eigenvalue weighted by Gasteiger charge is 2.31. The maximum Gasteiger partial charge on any atom is 0.416 e. The minimum Gasteiger partial charge on any atom is -0.397 e. The Kier molecular flexibility index (Phi) is 4.96. The van der Waals surface area contributed by atoms with Crippen LogP contribution in [0.4, 0.5) is 24.5 Å². The summed E-state index contributed by atoms with van der Waals surface area (Å²) in [6, 6.07) is 2.13. The molecule has 0 heterocycles. The number of benzene rings is 1. The highest BCUT2D eigenvalue weighted by Crippen LogP contribution is 2.32. The number of hydroxylamine groups is 2. The van der Waals surface area contributed by atoms with E-state index in [-0.39, 0.29) is 11.4 Å². The molecule has 1 atom stereocenters. The third kappa shape index (κ3) is 3.84. The number of nitrogen functional groups attached to an aromatic ring is 1. The zero-order valence-corrected chi connectivity index (χ0v) is 11.3. The van der Waals surface area contributed by atoms with Gasteiger partial charge in [0, 0.05) is 7.05 Å². The van der Waals surface area contributed by atoms with Crippen LogP contribution in [-0.4, -0.2) is 31.2 Å². The summed E-state index contributed by atoms with van der Waals surface area (Å²) in [6.07, 6.45) is -4.47. The van der Waals surface area contributed by atoms with Gasteiger partial charge in [-0.25, -0.2) is 0 Å². The summed E-state index contributed by atoms with van der Waals surface area (Å²) >= 11 is 0. The van der Waals surface area contributed by atoms with Crippen molar-refractivity contribution in [2.45, 2.75) is 19.1 Å². The first-order chi connectivity index (χ1) is 9.16.